The van der Waals surface area contributed by atoms with Gasteiger partial charge in [-0.25, -0.2) is 15.0 Å². The summed E-state index contributed by atoms with van der Waals surface area (Å²) in [6, 6.07) is 18.1. The lowest BCUT2D eigenvalue weighted by Gasteiger charge is -2.14. The molecule has 0 aliphatic rings. The van der Waals surface area contributed by atoms with Gasteiger partial charge in [-0.3, -0.25) is 4.98 Å². The number of fused-ring (bicyclic) bond motifs is 2. The Hall–Kier alpha value is -4.76. The highest BCUT2D eigenvalue weighted by Gasteiger charge is 2.20. The average molecular weight is 493 g/mol. The molecule has 4 heterocycles. The Labute approximate surface area is 212 Å². The van der Waals surface area contributed by atoms with Gasteiger partial charge in [0, 0.05) is 41.5 Å². The van der Waals surface area contributed by atoms with E-state index < -0.39 is 0 Å². The SMILES string of the molecule is COc1ccc(COCc2cnc(Nc3cccc4[nH]ccc34)c(-c3nc(C)nc4[nH+]c[nH]c34)c2)cc1. The Morgan fingerprint density at radius 1 is 0.973 bits per heavy atom. The first-order valence-electron chi connectivity index (χ1n) is 11.9. The second kappa shape index (κ2) is 9.71. The zero-order valence-electron chi connectivity index (χ0n) is 20.5. The number of imidazole rings is 1. The van der Waals surface area contributed by atoms with Crippen LogP contribution in [0.15, 0.2) is 73.3 Å². The van der Waals surface area contributed by atoms with Crippen molar-refractivity contribution >= 4 is 33.6 Å². The summed E-state index contributed by atoms with van der Waals surface area (Å²) in [6.45, 7) is 2.77. The molecule has 0 aliphatic carbocycles. The summed E-state index contributed by atoms with van der Waals surface area (Å²) in [7, 11) is 1.66. The molecule has 184 valence electrons. The van der Waals surface area contributed by atoms with Gasteiger partial charge in [-0.15, -0.1) is 0 Å². The molecular weight excluding hydrogens is 466 g/mol. The summed E-state index contributed by atoms with van der Waals surface area (Å²) in [5, 5.41) is 4.61. The molecule has 0 amide bonds. The van der Waals surface area contributed by atoms with Crippen LogP contribution in [0.3, 0.4) is 0 Å². The Balaban J connectivity index is 1.35. The van der Waals surface area contributed by atoms with Crippen molar-refractivity contribution < 1.29 is 14.5 Å². The van der Waals surface area contributed by atoms with E-state index in [1.165, 1.54) is 0 Å². The van der Waals surface area contributed by atoms with Crippen molar-refractivity contribution in [2.45, 2.75) is 20.1 Å². The third kappa shape index (κ3) is 4.60. The summed E-state index contributed by atoms with van der Waals surface area (Å²) in [5.41, 5.74) is 7.18. The number of benzene rings is 2. The number of nitrogens with one attached hydrogen (secondary N) is 4. The van der Waals surface area contributed by atoms with Crippen LogP contribution >= 0.6 is 0 Å². The number of methoxy groups -OCH3 is 1. The fourth-order valence-electron chi connectivity index (χ4n) is 4.38. The van der Waals surface area contributed by atoms with Gasteiger partial charge >= 0.3 is 5.65 Å². The second-order valence-electron chi connectivity index (χ2n) is 8.73. The number of hydrogen-bond acceptors (Lipinski definition) is 6. The van der Waals surface area contributed by atoms with E-state index in [1.807, 2.05) is 67.8 Å². The van der Waals surface area contributed by atoms with Gasteiger partial charge < -0.3 is 19.8 Å². The van der Waals surface area contributed by atoms with Gasteiger partial charge in [0.1, 0.15) is 17.3 Å². The zero-order chi connectivity index (χ0) is 25.2. The number of pyridine rings is 1. The maximum atomic E-state index is 6.02. The Morgan fingerprint density at radius 2 is 1.84 bits per heavy atom. The quantitative estimate of drug-likeness (QED) is 0.273. The standard InChI is InChI=1S/C28H25N7O2/c1-17-33-25(26-28(34-17)32-16-31-26)22-12-19(15-37-14-18-6-8-20(36-2)9-7-18)13-30-27(22)35-24-5-3-4-23-21(24)10-11-29-23/h3-13,16,29H,14-15H2,1-2H3,(H,30,35)(H,31,32,33,34)/p+1. The first-order valence-corrected chi connectivity index (χ1v) is 11.9. The van der Waals surface area contributed by atoms with Crippen molar-refractivity contribution in [2.75, 3.05) is 12.4 Å². The monoisotopic (exact) mass is 492 g/mol. The van der Waals surface area contributed by atoms with Gasteiger partial charge in [0.2, 0.25) is 5.82 Å². The summed E-state index contributed by atoms with van der Waals surface area (Å²) >= 11 is 0. The zero-order valence-corrected chi connectivity index (χ0v) is 20.5. The van der Waals surface area contributed by atoms with Gasteiger partial charge in [0.05, 0.1) is 20.3 Å². The van der Waals surface area contributed by atoms with E-state index in [9.17, 15) is 0 Å². The summed E-state index contributed by atoms with van der Waals surface area (Å²) in [5.74, 6) is 2.18. The second-order valence-corrected chi connectivity index (χ2v) is 8.73. The molecule has 0 aliphatic heterocycles. The minimum atomic E-state index is 0.407. The topological polar surface area (TPSA) is 115 Å². The summed E-state index contributed by atoms with van der Waals surface area (Å²) in [4.78, 5) is 23.8. The Kier molecular flexibility index (Phi) is 5.95. The lowest BCUT2D eigenvalue weighted by Crippen LogP contribution is -2.04. The fourth-order valence-corrected chi connectivity index (χ4v) is 4.38. The van der Waals surface area contributed by atoms with Crippen LogP contribution in [-0.4, -0.2) is 32.0 Å². The third-order valence-corrected chi connectivity index (χ3v) is 6.19. The van der Waals surface area contributed by atoms with Crippen molar-refractivity contribution in [1.29, 1.82) is 0 Å². The number of H-pyrrole nitrogens is 3. The smallest absolute Gasteiger partial charge is 0.303 e. The highest BCUT2D eigenvalue weighted by Crippen LogP contribution is 2.33. The molecule has 0 saturated heterocycles. The summed E-state index contributed by atoms with van der Waals surface area (Å²) < 4.78 is 11.3. The van der Waals surface area contributed by atoms with Gasteiger partial charge in [-0.1, -0.05) is 23.2 Å². The van der Waals surface area contributed by atoms with Crippen LogP contribution in [0.5, 0.6) is 5.75 Å². The van der Waals surface area contributed by atoms with Crippen molar-refractivity contribution in [1.82, 2.24) is 24.9 Å². The molecule has 9 heteroatoms. The maximum Gasteiger partial charge on any atom is 0.303 e. The molecule has 0 saturated carbocycles. The molecule has 6 rings (SSSR count). The molecule has 4 N–H and O–H groups in total. The number of nitrogens with zero attached hydrogens (tertiary/aromatic N) is 3. The third-order valence-electron chi connectivity index (χ3n) is 6.19. The molecule has 6 aromatic rings. The number of ether oxygens (including phenoxy) is 2. The van der Waals surface area contributed by atoms with E-state index in [1.54, 1.807) is 13.4 Å². The van der Waals surface area contributed by atoms with E-state index in [2.05, 4.69) is 31.3 Å². The van der Waals surface area contributed by atoms with Crippen LogP contribution in [-0.2, 0) is 18.0 Å². The van der Waals surface area contributed by atoms with Crippen molar-refractivity contribution in [3.8, 4) is 17.0 Å². The van der Waals surface area contributed by atoms with Crippen LogP contribution in [0.2, 0.25) is 0 Å². The predicted molar refractivity (Wildman–Crippen MR) is 141 cm³/mol. The molecule has 2 aromatic carbocycles. The number of rotatable bonds is 8. The van der Waals surface area contributed by atoms with Crippen LogP contribution in [0.4, 0.5) is 11.5 Å². The van der Waals surface area contributed by atoms with Crippen LogP contribution in [0.25, 0.3) is 33.3 Å². The molecule has 0 atom stereocenters. The van der Waals surface area contributed by atoms with Crippen molar-refractivity contribution in [3.63, 3.8) is 0 Å². The van der Waals surface area contributed by atoms with Crippen molar-refractivity contribution in [2.24, 2.45) is 0 Å². The van der Waals surface area contributed by atoms with E-state index >= 15 is 0 Å². The number of aromatic nitrogens is 6. The normalized spacial score (nSPS) is 11.3. The number of aryl methyl sites for hydroxylation is 1. The molecule has 0 unspecified atom stereocenters. The number of aromatic amines is 3. The van der Waals surface area contributed by atoms with Crippen LogP contribution in [0.1, 0.15) is 17.0 Å². The molecule has 0 fully saturated rings. The first kappa shape index (κ1) is 22.7. The van der Waals surface area contributed by atoms with Crippen LogP contribution < -0.4 is 15.0 Å². The van der Waals surface area contributed by atoms with E-state index in [0.717, 1.165) is 55.9 Å². The Morgan fingerprint density at radius 3 is 2.70 bits per heavy atom. The van der Waals surface area contributed by atoms with Gasteiger partial charge in [0.25, 0.3) is 0 Å². The predicted octanol–water partition coefficient (Wildman–Crippen LogP) is 5.09. The molecular formula is C28H26N7O2+. The highest BCUT2D eigenvalue weighted by molar-refractivity contribution is 5.96. The van der Waals surface area contributed by atoms with Gasteiger partial charge in [0.15, 0.2) is 11.8 Å². The number of hydrogen-bond donors (Lipinski definition) is 3. The largest absolute Gasteiger partial charge is 0.497 e. The van der Waals surface area contributed by atoms with E-state index in [-0.39, 0.29) is 0 Å². The molecule has 9 nitrogen and oxygen atoms in total. The average Bonchev–Trinajstić information content (AvgIpc) is 3.59. The van der Waals surface area contributed by atoms with Gasteiger partial charge in [-0.05, 0) is 47.5 Å². The first-order chi connectivity index (χ1) is 18.2. The lowest BCUT2D eigenvalue weighted by molar-refractivity contribution is -0.347. The molecule has 37 heavy (non-hydrogen) atoms. The molecule has 0 bridgehead atoms. The van der Waals surface area contributed by atoms with Crippen molar-refractivity contribution in [3.05, 3.63) is 90.3 Å². The molecule has 4 aromatic heterocycles. The minimum absolute atomic E-state index is 0.407. The van der Waals surface area contributed by atoms with E-state index in [4.69, 9.17) is 19.4 Å². The molecule has 0 spiro atoms. The fraction of sp³-hybridized carbons (Fsp3) is 0.143. The highest BCUT2D eigenvalue weighted by atomic mass is 16.5. The van der Waals surface area contributed by atoms with Crippen LogP contribution in [0, 0.1) is 6.92 Å². The van der Waals surface area contributed by atoms with E-state index in [0.29, 0.717) is 24.9 Å². The lowest BCUT2D eigenvalue weighted by atomic mass is 10.1. The molecule has 0 radical (unpaired) electrons. The maximum absolute atomic E-state index is 6.02. The summed E-state index contributed by atoms with van der Waals surface area (Å²) in [6.07, 6.45) is 5.52. The van der Waals surface area contributed by atoms with Gasteiger partial charge in [-0.2, -0.15) is 0 Å². The number of anilines is 2. The minimum Gasteiger partial charge on any atom is -0.497 e. The Bertz CT molecular complexity index is 1690.